The van der Waals surface area contributed by atoms with Gasteiger partial charge in [-0.25, -0.2) is 4.98 Å². The molecule has 1 N–H and O–H groups in total. The summed E-state index contributed by atoms with van der Waals surface area (Å²) in [5.41, 5.74) is 3.02. The Morgan fingerprint density at radius 3 is 3.00 bits per heavy atom. The maximum atomic E-state index is 11.8. The molecule has 0 spiro atoms. The second-order valence-electron chi connectivity index (χ2n) is 4.73. The highest BCUT2D eigenvalue weighted by molar-refractivity contribution is 5.81. The summed E-state index contributed by atoms with van der Waals surface area (Å²) in [7, 11) is 1.96. The lowest BCUT2D eigenvalue weighted by molar-refractivity contribution is -0.121. The number of benzene rings is 1. The van der Waals surface area contributed by atoms with E-state index in [1.165, 1.54) is 0 Å². The van der Waals surface area contributed by atoms with Gasteiger partial charge in [-0.05, 0) is 31.0 Å². The molecule has 0 fully saturated rings. The Hall–Kier alpha value is -1.84. The van der Waals surface area contributed by atoms with E-state index in [-0.39, 0.29) is 11.9 Å². The molecular weight excluding hydrogens is 226 g/mol. The highest BCUT2D eigenvalue weighted by atomic mass is 16.1. The molecule has 0 saturated carbocycles. The summed E-state index contributed by atoms with van der Waals surface area (Å²) >= 11 is 0. The number of hydrogen-bond donors (Lipinski definition) is 1. The molecule has 2 aromatic rings. The zero-order chi connectivity index (χ0) is 13.1. The molecule has 4 nitrogen and oxygen atoms in total. The topological polar surface area (TPSA) is 46.9 Å². The Morgan fingerprint density at radius 2 is 2.28 bits per heavy atom. The molecule has 0 aliphatic rings. The number of nitrogens with zero attached hydrogens (tertiary/aromatic N) is 2. The molecule has 0 saturated heterocycles. The molecule has 1 aromatic carbocycles. The summed E-state index contributed by atoms with van der Waals surface area (Å²) in [6, 6.07) is 6.20. The maximum Gasteiger partial charge on any atom is 0.224 e. The van der Waals surface area contributed by atoms with E-state index in [4.69, 9.17) is 0 Å². The van der Waals surface area contributed by atoms with Crippen molar-refractivity contribution in [1.29, 1.82) is 0 Å². The average Bonchev–Trinajstić information content (AvgIpc) is 2.70. The van der Waals surface area contributed by atoms with Crippen molar-refractivity contribution in [2.45, 2.75) is 32.7 Å². The summed E-state index contributed by atoms with van der Waals surface area (Å²) in [6.07, 6.45) is 3.15. The number of carbonyl (C=O) groups is 1. The van der Waals surface area contributed by atoms with Crippen LogP contribution in [0, 0.1) is 0 Å². The predicted molar refractivity (Wildman–Crippen MR) is 72.3 cm³/mol. The fraction of sp³-hybridized carbons (Fsp3) is 0.429. The lowest BCUT2D eigenvalue weighted by Crippen LogP contribution is -2.33. The van der Waals surface area contributed by atoms with Crippen LogP contribution in [0.3, 0.4) is 0 Å². The number of carbonyl (C=O) groups excluding carboxylic acids is 1. The van der Waals surface area contributed by atoms with Crippen molar-refractivity contribution in [2.24, 2.45) is 7.05 Å². The maximum absolute atomic E-state index is 11.8. The highest BCUT2D eigenvalue weighted by Gasteiger charge is 2.08. The number of amides is 1. The number of fused-ring (bicyclic) bond motifs is 1. The summed E-state index contributed by atoms with van der Waals surface area (Å²) < 4.78 is 1.97. The van der Waals surface area contributed by atoms with Crippen LogP contribution in [0.1, 0.15) is 25.8 Å². The monoisotopic (exact) mass is 245 g/mol. The molecule has 0 radical (unpaired) electrons. The Kier molecular flexibility index (Phi) is 3.65. The van der Waals surface area contributed by atoms with Crippen molar-refractivity contribution < 1.29 is 4.79 Å². The van der Waals surface area contributed by atoms with Gasteiger partial charge in [-0.1, -0.05) is 13.0 Å². The molecule has 1 amide bonds. The van der Waals surface area contributed by atoms with Crippen LogP contribution in [0.15, 0.2) is 24.5 Å². The SMILES string of the molecule is CCC(C)NC(=O)Cc1ccc2c(c1)ncn2C. The smallest absolute Gasteiger partial charge is 0.224 e. The van der Waals surface area contributed by atoms with Gasteiger partial charge >= 0.3 is 0 Å². The van der Waals surface area contributed by atoms with Gasteiger partial charge in [0.25, 0.3) is 0 Å². The van der Waals surface area contributed by atoms with Crippen molar-refractivity contribution in [3.8, 4) is 0 Å². The molecule has 1 unspecified atom stereocenters. The van der Waals surface area contributed by atoms with Gasteiger partial charge in [0.1, 0.15) is 0 Å². The number of aryl methyl sites for hydroxylation is 1. The van der Waals surface area contributed by atoms with Crippen molar-refractivity contribution in [2.75, 3.05) is 0 Å². The van der Waals surface area contributed by atoms with Crippen LogP contribution in [-0.4, -0.2) is 21.5 Å². The minimum atomic E-state index is 0.0691. The minimum absolute atomic E-state index is 0.0691. The van der Waals surface area contributed by atoms with Crippen molar-refractivity contribution in [3.05, 3.63) is 30.1 Å². The van der Waals surface area contributed by atoms with Crippen LogP contribution in [0.4, 0.5) is 0 Å². The van der Waals surface area contributed by atoms with Crippen molar-refractivity contribution >= 4 is 16.9 Å². The molecule has 96 valence electrons. The second-order valence-corrected chi connectivity index (χ2v) is 4.73. The molecular formula is C14H19N3O. The summed E-state index contributed by atoms with van der Waals surface area (Å²) in [5.74, 6) is 0.0691. The van der Waals surface area contributed by atoms with Crippen molar-refractivity contribution in [3.63, 3.8) is 0 Å². The van der Waals surface area contributed by atoms with E-state index in [0.29, 0.717) is 6.42 Å². The number of nitrogens with one attached hydrogen (secondary N) is 1. The molecule has 0 bridgehead atoms. The van der Waals surface area contributed by atoms with Gasteiger partial charge in [0.15, 0.2) is 0 Å². The van der Waals surface area contributed by atoms with Gasteiger partial charge in [-0.2, -0.15) is 0 Å². The Balaban J connectivity index is 2.10. The fourth-order valence-corrected chi connectivity index (χ4v) is 1.90. The van der Waals surface area contributed by atoms with Gasteiger partial charge in [0, 0.05) is 13.1 Å². The minimum Gasteiger partial charge on any atom is -0.353 e. The van der Waals surface area contributed by atoms with Crippen LogP contribution in [0.2, 0.25) is 0 Å². The van der Waals surface area contributed by atoms with E-state index in [2.05, 4.69) is 17.2 Å². The lowest BCUT2D eigenvalue weighted by atomic mass is 10.1. The van der Waals surface area contributed by atoms with Crippen molar-refractivity contribution in [1.82, 2.24) is 14.9 Å². The van der Waals surface area contributed by atoms with Crippen LogP contribution in [0.25, 0.3) is 11.0 Å². The number of rotatable bonds is 4. The first-order chi connectivity index (χ1) is 8.60. The largest absolute Gasteiger partial charge is 0.353 e. The third-order valence-electron chi connectivity index (χ3n) is 3.17. The molecule has 4 heteroatoms. The number of hydrogen-bond acceptors (Lipinski definition) is 2. The average molecular weight is 245 g/mol. The molecule has 1 atom stereocenters. The molecule has 0 aliphatic heterocycles. The van der Waals surface area contributed by atoms with Crippen LogP contribution in [0.5, 0.6) is 0 Å². The van der Waals surface area contributed by atoms with E-state index in [9.17, 15) is 4.79 Å². The first kappa shape index (κ1) is 12.6. The normalized spacial score (nSPS) is 12.6. The summed E-state index contributed by atoms with van der Waals surface area (Å²) in [5, 5.41) is 2.97. The Labute approximate surface area is 107 Å². The second kappa shape index (κ2) is 5.21. The molecule has 1 aromatic heterocycles. The first-order valence-electron chi connectivity index (χ1n) is 6.29. The zero-order valence-corrected chi connectivity index (χ0v) is 11.1. The van der Waals surface area contributed by atoms with E-state index in [0.717, 1.165) is 23.0 Å². The van der Waals surface area contributed by atoms with E-state index < -0.39 is 0 Å². The first-order valence-corrected chi connectivity index (χ1v) is 6.29. The summed E-state index contributed by atoms with van der Waals surface area (Å²) in [4.78, 5) is 16.1. The fourth-order valence-electron chi connectivity index (χ4n) is 1.90. The molecule has 2 rings (SSSR count). The van der Waals surface area contributed by atoms with Gasteiger partial charge in [-0.3, -0.25) is 4.79 Å². The van der Waals surface area contributed by atoms with E-state index in [1.807, 2.05) is 36.7 Å². The number of imidazole rings is 1. The van der Waals surface area contributed by atoms with Crippen LogP contribution in [-0.2, 0) is 18.3 Å². The van der Waals surface area contributed by atoms with E-state index in [1.54, 1.807) is 6.33 Å². The van der Waals surface area contributed by atoms with Crippen LogP contribution >= 0.6 is 0 Å². The predicted octanol–water partition coefficient (Wildman–Crippen LogP) is 2.03. The van der Waals surface area contributed by atoms with E-state index >= 15 is 0 Å². The van der Waals surface area contributed by atoms with Gasteiger partial charge in [0.05, 0.1) is 23.8 Å². The highest BCUT2D eigenvalue weighted by Crippen LogP contribution is 2.14. The standard InChI is InChI=1S/C14H19N3O/c1-4-10(2)16-14(18)8-11-5-6-13-12(7-11)15-9-17(13)3/h5-7,9-10H,4,8H2,1-3H3,(H,16,18). The van der Waals surface area contributed by atoms with Crippen LogP contribution < -0.4 is 5.32 Å². The summed E-state index contributed by atoms with van der Waals surface area (Å²) in [6.45, 7) is 4.07. The lowest BCUT2D eigenvalue weighted by Gasteiger charge is -2.11. The number of aromatic nitrogens is 2. The third kappa shape index (κ3) is 2.70. The quantitative estimate of drug-likeness (QED) is 0.896. The molecule has 18 heavy (non-hydrogen) atoms. The third-order valence-corrected chi connectivity index (χ3v) is 3.17. The zero-order valence-electron chi connectivity index (χ0n) is 11.1. The van der Waals surface area contributed by atoms with Gasteiger partial charge in [-0.15, -0.1) is 0 Å². The molecule has 0 aliphatic carbocycles. The van der Waals surface area contributed by atoms with Gasteiger partial charge < -0.3 is 9.88 Å². The van der Waals surface area contributed by atoms with Gasteiger partial charge in [0.2, 0.25) is 5.91 Å². The Bertz CT molecular complexity index is 559. The molecule has 1 heterocycles. The Morgan fingerprint density at radius 1 is 1.50 bits per heavy atom.